The molecule has 1 atom stereocenters. The SMILES string of the molecule is CSCC[C@H](NC(=O)c1ccc(Cl)cc1Cl)C(=O)Nc1nc2ccc([N+](=O)[O-])cc2s1. The Morgan fingerprint density at radius 1 is 1.26 bits per heavy atom. The molecule has 0 saturated carbocycles. The summed E-state index contributed by atoms with van der Waals surface area (Å²) in [5.41, 5.74) is 0.683. The van der Waals surface area contributed by atoms with Gasteiger partial charge in [0.2, 0.25) is 5.91 Å². The van der Waals surface area contributed by atoms with Crippen molar-refractivity contribution in [2.75, 3.05) is 17.3 Å². The maximum Gasteiger partial charge on any atom is 0.270 e. The fraction of sp³-hybridized carbons (Fsp3) is 0.211. The molecule has 162 valence electrons. The first-order chi connectivity index (χ1) is 14.8. The Balaban J connectivity index is 1.77. The van der Waals surface area contributed by atoms with Gasteiger partial charge in [0.1, 0.15) is 6.04 Å². The Labute approximate surface area is 195 Å². The van der Waals surface area contributed by atoms with Crippen molar-refractivity contribution in [3.63, 3.8) is 0 Å². The van der Waals surface area contributed by atoms with Gasteiger partial charge < -0.3 is 10.6 Å². The Morgan fingerprint density at radius 3 is 2.71 bits per heavy atom. The molecule has 0 radical (unpaired) electrons. The summed E-state index contributed by atoms with van der Waals surface area (Å²) in [6.45, 7) is 0. The van der Waals surface area contributed by atoms with Crippen molar-refractivity contribution < 1.29 is 14.5 Å². The molecule has 0 bridgehead atoms. The number of thioether (sulfide) groups is 1. The number of carbonyl (C=O) groups excluding carboxylic acids is 2. The van der Waals surface area contributed by atoms with Crippen molar-refractivity contribution in [1.29, 1.82) is 0 Å². The van der Waals surface area contributed by atoms with E-state index in [9.17, 15) is 19.7 Å². The van der Waals surface area contributed by atoms with E-state index >= 15 is 0 Å². The molecule has 0 saturated heterocycles. The zero-order chi connectivity index (χ0) is 22.5. The van der Waals surface area contributed by atoms with Crippen LogP contribution in [0.1, 0.15) is 16.8 Å². The smallest absolute Gasteiger partial charge is 0.270 e. The average molecular weight is 499 g/mol. The molecular formula is C19H16Cl2N4O4S2. The number of halogens is 2. The van der Waals surface area contributed by atoms with Crippen LogP contribution in [0.5, 0.6) is 0 Å². The number of non-ortho nitro benzene ring substituents is 1. The van der Waals surface area contributed by atoms with Crippen LogP contribution in [-0.4, -0.2) is 39.8 Å². The van der Waals surface area contributed by atoms with E-state index in [2.05, 4.69) is 15.6 Å². The number of nitrogens with one attached hydrogen (secondary N) is 2. The van der Waals surface area contributed by atoms with Crippen LogP contribution in [-0.2, 0) is 4.79 Å². The number of carbonyl (C=O) groups is 2. The zero-order valence-electron chi connectivity index (χ0n) is 16.1. The van der Waals surface area contributed by atoms with Gasteiger partial charge in [-0.15, -0.1) is 0 Å². The van der Waals surface area contributed by atoms with E-state index in [1.54, 1.807) is 6.07 Å². The third kappa shape index (κ3) is 5.85. The van der Waals surface area contributed by atoms with E-state index in [0.717, 1.165) is 11.3 Å². The average Bonchev–Trinajstić information content (AvgIpc) is 3.12. The first kappa shape index (κ1) is 23.3. The topological polar surface area (TPSA) is 114 Å². The lowest BCUT2D eigenvalue weighted by Gasteiger charge is -2.18. The highest BCUT2D eigenvalue weighted by Crippen LogP contribution is 2.29. The predicted molar refractivity (Wildman–Crippen MR) is 126 cm³/mol. The van der Waals surface area contributed by atoms with Crippen LogP contribution in [0.25, 0.3) is 10.2 Å². The monoisotopic (exact) mass is 498 g/mol. The van der Waals surface area contributed by atoms with Crippen molar-refractivity contribution >= 4 is 79.2 Å². The lowest BCUT2D eigenvalue weighted by atomic mass is 10.1. The molecule has 0 aliphatic carbocycles. The molecule has 2 aromatic carbocycles. The van der Waals surface area contributed by atoms with E-state index in [-0.39, 0.29) is 21.4 Å². The van der Waals surface area contributed by atoms with Crippen LogP contribution in [0.3, 0.4) is 0 Å². The first-order valence-electron chi connectivity index (χ1n) is 8.89. The van der Waals surface area contributed by atoms with Crippen LogP contribution in [0.2, 0.25) is 10.0 Å². The molecule has 0 unspecified atom stereocenters. The molecule has 3 rings (SSSR count). The number of benzene rings is 2. The second-order valence-electron chi connectivity index (χ2n) is 6.35. The van der Waals surface area contributed by atoms with Gasteiger partial charge in [-0.1, -0.05) is 34.5 Å². The number of nitro groups is 1. The van der Waals surface area contributed by atoms with Crippen molar-refractivity contribution in [1.82, 2.24) is 10.3 Å². The van der Waals surface area contributed by atoms with Crippen molar-refractivity contribution in [3.8, 4) is 0 Å². The number of thiazole rings is 1. The largest absolute Gasteiger partial charge is 0.340 e. The second kappa shape index (κ2) is 10.3. The fourth-order valence-electron chi connectivity index (χ4n) is 2.69. The Bertz CT molecular complexity index is 1160. The van der Waals surface area contributed by atoms with Crippen molar-refractivity contribution in [3.05, 3.63) is 62.1 Å². The van der Waals surface area contributed by atoms with Crippen LogP contribution in [0.4, 0.5) is 10.8 Å². The molecule has 31 heavy (non-hydrogen) atoms. The number of hydrogen-bond acceptors (Lipinski definition) is 7. The molecule has 0 aliphatic rings. The summed E-state index contributed by atoms with van der Waals surface area (Å²) in [5.74, 6) is -0.303. The van der Waals surface area contributed by atoms with Crippen LogP contribution >= 0.6 is 46.3 Å². The minimum absolute atomic E-state index is 0.0565. The molecule has 8 nitrogen and oxygen atoms in total. The molecule has 1 aromatic heterocycles. The highest BCUT2D eigenvalue weighted by Gasteiger charge is 2.23. The summed E-state index contributed by atoms with van der Waals surface area (Å²) in [6, 6.07) is 7.94. The number of nitrogens with zero attached hydrogens (tertiary/aromatic N) is 2. The summed E-state index contributed by atoms with van der Waals surface area (Å²) < 4.78 is 0.571. The summed E-state index contributed by atoms with van der Waals surface area (Å²) >= 11 is 14.6. The molecule has 2 amide bonds. The number of nitro benzene ring substituents is 1. The maximum absolute atomic E-state index is 12.8. The number of fused-ring (bicyclic) bond motifs is 1. The second-order valence-corrected chi connectivity index (χ2v) is 9.21. The minimum Gasteiger partial charge on any atom is -0.340 e. The lowest BCUT2D eigenvalue weighted by Crippen LogP contribution is -2.44. The van der Waals surface area contributed by atoms with Gasteiger partial charge in [-0.05, 0) is 42.7 Å². The standard InChI is InChI=1S/C19H16Cl2N4O4S2/c1-30-7-6-15(22-17(26)12-4-2-10(20)8-13(12)21)18(27)24-19-23-14-5-3-11(25(28)29)9-16(14)31-19/h2-5,8-9,15H,6-7H2,1H3,(H,22,26)(H,23,24,27)/t15-/m0/s1. The van der Waals surface area contributed by atoms with Gasteiger partial charge in [0, 0.05) is 17.2 Å². The number of hydrogen-bond donors (Lipinski definition) is 2. The van der Waals surface area contributed by atoms with Gasteiger partial charge in [0.05, 0.1) is 25.7 Å². The molecule has 12 heteroatoms. The Morgan fingerprint density at radius 2 is 2.03 bits per heavy atom. The molecule has 1 heterocycles. The van der Waals surface area contributed by atoms with Gasteiger partial charge in [0.15, 0.2) is 5.13 Å². The summed E-state index contributed by atoms with van der Waals surface area (Å²) in [5, 5.41) is 17.2. The summed E-state index contributed by atoms with van der Waals surface area (Å²) in [7, 11) is 0. The van der Waals surface area contributed by atoms with Crippen LogP contribution < -0.4 is 10.6 Å². The van der Waals surface area contributed by atoms with Gasteiger partial charge in [0.25, 0.3) is 11.6 Å². The highest BCUT2D eigenvalue weighted by atomic mass is 35.5. The maximum atomic E-state index is 12.8. The molecule has 0 fully saturated rings. The van der Waals surface area contributed by atoms with E-state index in [0.29, 0.717) is 27.4 Å². The first-order valence-corrected chi connectivity index (χ1v) is 11.9. The fourth-order valence-corrected chi connectivity index (χ4v) is 4.55. The molecule has 0 spiro atoms. The zero-order valence-corrected chi connectivity index (χ0v) is 19.2. The van der Waals surface area contributed by atoms with Gasteiger partial charge >= 0.3 is 0 Å². The van der Waals surface area contributed by atoms with Crippen LogP contribution in [0.15, 0.2) is 36.4 Å². The quantitative estimate of drug-likeness (QED) is 0.333. The van der Waals surface area contributed by atoms with E-state index < -0.39 is 22.8 Å². The van der Waals surface area contributed by atoms with E-state index in [1.807, 2.05) is 6.26 Å². The predicted octanol–water partition coefficient (Wildman–Crippen LogP) is 5.00. The van der Waals surface area contributed by atoms with Crippen molar-refractivity contribution in [2.45, 2.75) is 12.5 Å². The van der Waals surface area contributed by atoms with Crippen molar-refractivity contribution in [2.24, 2.45) is 0 Å². The minimum atomic E-state index is -0.826. The third-order valence-electron chi connectivity index (χ3n) is 4.22. The molecule has 2 N–H and O–H groups in total. The Kier molecular flexibility index (Phi) is 7.71. The molecule has 0 aliphatic heterocycles. The van der Waals surface area contributed by atoms with E-state index in [1.165, 1.54) is 42.1 Å². The number of aromatic nitrogens is 1. The van der Waals surface area contributed by atoms with Gasteiger partial charge in [-0.25, -0.2) is 4.98 Å². The number of amides is 2. The summed E-state index contributed by atoms with van der Waals surface area (Å²) in [6.07, 6.45) is 2.29. The van der Waals surface area contributed by atoms with Crippen LogP contribution in [0, 0.1) is 10.1 Å². The third-order valence-corrected chi connectivity index (χ3v) is 6.35. The van der Waals surface area contributed by atoms with Gasteiger partial charge in [-0.2, -0.15) is 11.8 Å². The molecular weight excluding hydrogens is 483 g/mol. The number of rotatable bonds is 8. The summed E-state index contributed by atoms with van der Waals surface area (Å²) in [4.78, 5) is 40.2. The Hall–Kier alpha value is -2.40. The lowest BCUT2D eigenvalue weighted by molar-refractivity contribution is -0.384. The number of anilines is 1. The van der Waals surface area contributed by atoms with Gasteiger partial charge in [-0.3, -0.25) is 19.7 Å². The normalized spacial score (nSPS) is 11.8. The highest BCUT2D eigenvalue weighted by molar-refractivity contribution is 7.98. The molecule has 3 aromatic rings. The van der Waals surface area contributed by atoms with E-state index in [4.69, 9.17) is 23.2 Å².